The maximum absolute atomic E-state index is 13.4. The maximum atomic E-state index is 13.4. The van der Waals surface area contributed by atoms with Crippen LogP contribution in [0.1, 0.15) is 30.0 Å². The zero-order chi connectivity index (χ0) is 22.2. The number of fused-ring (bicyclic) bond motifs is 1. The third-order valence-electron chi connectivity index (χ3n) is 4.76. The van der Waals surface area contributed by atoms with Crippen molar-refractivity contribution in [2.24, 2.45) is 0 Å². The molecule has 0 spiro atoms. The highest BCUT2D eigenvalue weighted by molar-refractivity contribution is 7.92. The third-order valence-corrected chi connectivity index (χ3v) is 8.21. The Morgan fingerprint density at radius 3 is 2.55 bits per heavy atom. The Kier molecular flexibility index (Phi) is 5.88. The van der Waals surface area contributed by atoms with E-state index in [0.29, 0.717) is 21.5 Å². The summed E-state index contributed by atoms with van der Waals surface area (Å²) in [5.74, 6) is 0.291. The third kappa shape index (κ3) is 4.37. The van der Waals surface area contributed by atoms with Crippen LogP contribution in [0.3, 0.4) is 0 Å². The lowest BCUT2D eigenvalue weighted by molar-refractivity contribution is 0.0983. The summed E-state index contributed by atoms with van der Waals surface area (Å²) in [5, 5.41) is 0.546. The van der Waals surface area contributed by atoms with Gasteiger partial charge < -0.3 is 4.42 Å². The van der Waals surface area contributed by atoms with E-state index in [0.717, 1.165) is 10.2 Å². The summed E-state index contributed by atoms with van der Waals surface area (Å²) in [6.45, 7) is 3.43. The average Bonchev–Trinajstić information content (AvgIpc) is 3.40. The van der Waals surface area contributed by atoms with Gasteiger partial charge in [0.2, 0.25) is 0 Å². The first-order valence-electron chi connectivity index (χ1n) is 9.50. The molecule has 6 nitrogen and oxygen atoms in total. The fourth-order valence-corrected chi connectivity index (χ4v) is 5.30. The van der Waals surface area contributed by atoms with Crippen molar-refractivity contribution in [2.45, 2.75) is 30.5 Å². The summed E-state index contributed by atoms with van der Waals surface area (Å²) in [6.07, 6.45) is 1.54. The predicted octanol–water partition coefficient (Wildman–Crippen LogP) is 5.57. The second-order valence-corrected chi connectivity index (χ2v) is 11.1. The highest BCUT2D eigenvalue weighted by Gasteiger charge is 2.24. The van der Waals surface area contributed by atoms with Gasteiger partial charge >= 0.3 is 0 Å². The molecule has 0 aliphatic heterocycles. The monoisotopic (exact) mass is 474 g/mol. The smallest absolute Gasteiger partial charge is 0.260 e. The highest BCUT2D eigenvalue weighted by Crippen LogP contribution is 2.32. The molecule has 160 valence electrons. The molecule has 0 aliphatic carbocycles. The Hall–Kier alpha value is -2.68. The number of hydrogen-bond acceptors (Lipinski definition) is 6. The summed E-state index contributed by atoms with van der Waals surface area (Å²) in [6, 6.07) is 14.9. The first-order valence-corrected chi connectivity index (χ1v) is 12.2. The maximum Gasteiger partial charge on any atom is 0.260 e. The van der Waals surface area contributed by atoms with Crippen molar-refractivity contribution < 1.29 is 17.6 Å². The second-order valence-electron chi connectivity index (χ2n) is 7.20. The largest absolute Gasteiger partial charge is 0.467 e. The van der Waals surface area contributed by atoms with E-state index in [2.05, 4.69) is 4.98 Å². The molecule has 9 heteroatoms. The number of rotatable bonds is 6. The summed E-state index contributed by atoms with van der Waals surface area (Å²) < 4.78 is 31.1. The van der Waals surface area contributed by atoms with Gasteiger partial charge in [-0.2, -0.15) is 0 Å². The minimum atomic E-state index is -3.42. The number of hydrogen-bond donors (Lipinski definition) is 0. The zero-order valence-corrected chi connectivity index (χ0v) is 19.2. The molecule has 2 heterocycles. The molecular formula is C22H19ClN2O4S2. The first kappa shape index (κ1) is 21.5. The van der Waals surface area contributed by atoms with Crippen LogP contribution in [-0.2, 0) is 16.4 Å². The van der Waals surface area contributed by atoms with Crippen LogP contribution in [0.4, 0.5) is 5.13 Å². The first-order chi connectivity index (χ1) is 14.8. The van der Waals surface area contributed by atoms with Crippen LogP contribution in [0.2, 0.25) is 5.02 Å². The molecule has 4 aromatic rings. The number of furan rings is 1. The fourth-order valence-electron chi connectivity index (χ4n) is 3.00. The molecule has 0 atom stereocenters. The van der Waals surface area contributed by atoms with Crippen LogP contribution in [-0.4, -0.2) is 24.6 Å². The molecule has 0 fully saturated rings. The lowest BCUT2D eigenvalue weighted by Gasteiger charge is -2.19. The number of aromatic nitrogens is 1. The van der Waals surface area contributed by atoms with Gasteiger partial charge in [-0.15, -0.1) is 0 Å². The molecule has 2 aromatic carbocycles. The minimum Gasteiger partial charge on any atom is -0.467 e. The summed E-state index contributed by atoms with van der Waals surface area (Å²) in [5.41, 5.74) is 1.09. The highest BCUT2D eigenvalue weighted by atomic mass is 35.5. The van der Waals surface area contributed by atoms with E-state index < -0.39 is 15.1 Å². The van der Waals surface area contributed by atoms with Gasteiger partial charge in [-0.3, -0.25) is 9.69 Å². The Labute approximate surface area is 189 Å². The van der Waals surface area contributed by atoms with Gasteiger partial charge in [-0.25, -0.2) is 13.4 Å². The minimum absolute atomic E-state index is 0.186. The number of carbonyl (C=O) groups excluding carboxylic acids is 1. The standard InChI is InChI=1S/C22H19ClN2O4S2/c1-14(2)31(27,28)18-8-5-15(6-9-18)21(26)25(13-17-4-3-11-29-17)22-24-19-10-7-16(23)12-20(19)30-22/h3-12,14H,13H2,1-2H3. The number of anilines is 1. The lowest BCUT2D eigenvalue weighted by atomic mass is 10.2. The van der Waals surface area contributed by atoms with E-state index in [4.69, 9.17) is 16.0 Å². The number of amides is 1. The molecule has 31 heavy (non-hydrogen) atoms. The van der Waals surface area contributed by atoms with Crippen molar-refractivity contribution in [3.63, 3.8) is 0 Å². The number of sulfone groups is 1. The van der Waals surface area contributed by atoms with E-state index in [-0.39, 0.29) is 17.3 Å². The topological polar surface area (TPSA) is 80.5 Å². The average molecular weight is 475 g/mol. The Morgan fingerprint density at radius 2 is 1.90 bits per heavy atom. The van der Waals surface area contributed by atoms with Crippen molar-refractivity contribution in [3.05, 3.63) is 77.2 Å². The van der Waals surface area contributed by atoms with E-state index in [1.807, 2.05) is 0 Å². The van der Waals surface area contributed by atoms with E-state index in [1.54, 1.807) is 50.4 Å². The van der Waals surface area contributed by atoms with Crippen molar-refractivity contribution in [1.29, 1.82) is 0 Å². The van der Waals surface area contributed by atoms with Gasteiger partial charge in [-0.1, -0.05) is 22.9 Å². The van der Waals surface area contributed by atoms with Gasteiger partial charge in [0.1, 0.15) is 5.76 Å². The molecule has 4 rings (SSSR count). The number of halogens is 1. The number of carbonyl (C=O) groups is 1. The zero-order valence-electron chi connectivity index (χ0n) is 16.8. The molecule has 0 saturated heterocycles. The van der Waals surface area contributed by atoms with Crippen molar-refractivity contribution in [1.82, 2.24) is 4.98 Å². The molecule has 0 unspecified atom stereocenters. The van der Waals surface area contributed by atoms with Crippen molar-refractivity contribution in [3.8, 4) is 0 Å². The van der Waals surface area contributed by atoms with Crippen LogP contribution in [0.5, 0.6) is 0 Å². The Morgan fingerprint density at radius 1 is 1.16 bits per heavy atom. The van der Waals surface area contributed by atoms with Crippen molar-refractivity contribution in [2.75, 3.05) is 4.90 Å². The second kappa shape index (κ2) is 8.45. The van der Waals surface area contributed by atoms with Gasteiger partial charge in [0.15, 0.2) is 15.0 Å². The lowest BCUT2D eigenvalue weighted by Crippen LogP contribution is -2.30. The molecule has 1 amide bonds. The predicted molar refractivity (Wildman–Crippen MR) is 123 cm³/mol. The molecule has 0 radical (unpaired) electrons. The van der Waals surface area contributed by atoms with Crippen LogP contribution < -0.4 is 4.90 Å². The van der Waals surface area contributed by atoms with Crippen LogP contribution in [0.15, 0.2) is 70.2 Å². The van der Waals surface area contributed by atoms with E-state index in [9.17, 15) is 13.2 Å². The molecule has 2 aromatic heterocycles. The van der Waals surface area contributed by atoms with Gasteiger partial charge in [0.05, 0.1) is 33.2 Å². The molecular weight excluding hydrogens is 456 g/mol. The van der Waals surface area contributed by atoms with Gasteiger partial charge in [0.25, 0.3) is 5.91 Å². The van der Waals surface area contributed by atoms with Crippen LogP contribution in [0.25, 0.3) is 10.2 Å². The fraction of sp³-hybridized carbons (Fsp3) is 0.182. The molecule has 0 aliphatic rings. The van der Waals surface area contributed by atoms with Gasteiger partial charge in [0, 0.05) is 10.6 Å². The summed E-state index contributed by atoms with van der Waals surface area (Å²) in [7, 11) is -3.42. The number of benzene rings is 2. The molecule has 0 N–H and O–H groups in total. The molecule has 0 saturated carbocycles. The SMILES string of the molecule is CC(C)S(=O)(=O)c1ccc(C(=O)N(Cc2ccco2)c2nc3ccc(Cl)cc3s2)cc1. The summed E-state index contributed by atoms with van der Waals surface area (Å²) >= 11 is 7.44. The van der Waals surface area contributed by atoms with Crippen LogP contribution in [0, 0.1) is 0 Å². The Balaban J connectivity index is 1.71. The number of nitrogens with zero attached hydrogens (tertiary/aromatic N) is 2. The number of thiazole rings is 1. The normalized spacial score (nSPS) is 11.9. The summed E-state index contributed by atoms with van der Waals surface area (Å²) in [4.78, 5) is 19.7. The Bertz CT molecular complexity index is 1330. The van der Waals surface area contributed by atoms with E-state index in [1.165, 1.54) is 40.5 Å². The van der Waals surface area contributed by atoms with E-state index >= 15 is 0 Å². The quantitative estimate of drug-likeness (QED) is 0.365. The molecule has 0 bridgehead atoms. The van der Waals surface area contributed by atoms with Crippen LogP contribution >= 0.6 is 22.9 Å². The van der Waals surface area contributed by atoms with Crippen molar-refractivity contribution >= 4 is 54.0 Å². The van der Waals surface area contributed by atoms with Gasteiger partial charge in [-0.05, 0) is 68.4 Å².